The summed E-state index contributed by atoms with van der Waals surface area (Å²) in [4.78, 5) is 11.6. The Morgan fingerprint density at radius 2 is 1.91 bits per heavy atom. The molecule has 0 amide bonds. The third kappa shape index (κ3) is 6.05. The number of aryl methyl sites for hydroxylation is 1. The maximum Gasteiger partial charge on any atom is 0.417 e. The average molecular weight is 502 g/mol. The zero-order chi connectivity index (χ0) is 25.0. The molecule has 0 spiro atoms. The number of allylic oxidation sites excluding steroid dienone is 1. The van der Waals surface area contributed by atoms with Gasteiger partial charge in [0.1, 0.15) is 12.4 Å². The van der Waals surface area contributed by atoms with Crippen LogP contribution in [0.4, 0.5) is 13.2 Å². The summed E-state index contributed by atoms with van der Waals surface area (Å²) >= 11 is 5.71. The van der Waals surface area contributed by atoms with E-state index >= 15 is 0 Å². The summed E-state index contributed by atoms with van der Waals surface area (Å²) in [6.45, 7) is 1.41. The third-order valence-electron chi connectivity index (χ3n) is 5.77. The van der Waals surface area contributed by atoms with Gasteiger partial charge in [-0.05, 0) is 71.0 Å². The Balaban J connectivity index is 1.45. The predicted molar refractivity (Wildman–Crippen MR) is 130 cm³/mol. The molecule has 0 unspecified atom stereocenters. The van der Waals surface area contributed by atoms with Gasteiger partial charge in [-0.3, -0.25) is 0 Å². The fraction of sp³-hybridized carbons (Fsp3) is 0.222. The largest absolute Gasteiger partial charge is 0.492 e. The zero-order valence-electron chi connectivity index (χ0n) is 18.7. The molecule has 3 aromatic carbocycles. The second-order valence-corrected chi connectivity index (χ2v) is 8.61. The van der Waals surface area contributed by atoms with E-state index in [9.17, 15) is 23.1 Å². The highest BCUT2D eigenvalue weighted by molar-refractivity contribution is 6.31. The number of alkyl halides is 3. The minimum Gasteiger partial charge on any atom is -0.492 e. The van der Waals surface area contributed by atoms with Crippen molar-refractivity contribution in [3.63, 3.8) is 0 Å². The molecule has 3 aromatic rings. The van der Waals surface area contributed by atoms with Crippen LogP contribution in [-0.2, 0) is 19.1 Å². The highest BCUT2D eigenvalue weighted by Gasteiger charge is 2.33. The number of ether oxygens (including phenoxy) is 1. The smallest absolute Gasteiger partial charge is 0.417 e. The summed E-state index contributed by atoms with van der Waals surface area (Å²) in [5.74, 6) is -0.952. The number of benzene rings is 3. The molecule has 0 saturated heterocycles. The first kappa shape index (κ1) is 24.8. The molecule has 4 nitrogen and oxygen atoms in total. The van der Waals surface area contributed by atoms with E-state index in [4.69, 9.17) is 16.3 Å². The van der Waals surface area contributed by atoms with E-state index in [1.165, 1.54) is 41.0 Å². The standard InChI is InChI=1S/C27H23ClF3NO3/c28-25-9-8-18(15-24(25)27(29,30)31)20-12-21(26(33)34)14-22(13-20)35-11-10-32-16-19-6-3-5-17-4-1-2-7-23(17)19/h2-3,5-9,12-15,32H,1,4,10-11,16H2,(H,33,34). The Bertz CT molecular complexity index is 1270. The maximum absolute atomic E-state index is 13.3. The highest BCUT2D eigenvalue weighted by Crippen LogP contribution is 2.38. The normalized spacial score (nSPS) is 12.9. The van der Waals surface area contributed by atoms with Crippen LogP contribution in [0.15, 0.2) is 60.7 Å². The van der Waals surface area contributed by atoms with E-state index in [-0.39, 0.29) is 29.0 Å². The molecule has 0 atom stereocenters. The molecule has 0 aromatic heterocycles. The van der Waals surface area contributed by atoms with Gasteiger partial charge in [0, 0.05) is 13.1 Å². The molecule has 0 radical (unpaired) electrons. The number of halogens is 4. The third-order valence-corrected chi connectivity index (χ3v) is 6.10. The first-order valence-corrected chi connectivity index (χ1v) is 11.5. The van der Waals surface area contributed by atoms with Crippen LogP contribution >= 0.6 is 11.6 Å². The summed E-state index contributed by atoms with van der Waals surface area (Å²) in [6, 6.07) is 13.9. The Hall–Kier alpha value is -3.29. The first-order chi connectivity index (χ1) is 16.7. The lowest BCUT2D eigenvalue weighted by Crippen LogP contribution is -2.21. The van der Waals surface area contributed by atoms with Crippen LogP contribution in [0, 0.1) is 0 Å². The van der Waals surface area contributed by atoms with Crippen molar-refractivity contribution in [2.24, 2.45) is 0 Å². The van der Waals surface area contributed by atoms with Gasteiger partial charge in [-0.1, -0.05) is 48.0 Å². The first-order valence-electron chi connectivity index (χ1n) is 11.1. The number of hydrogen-bond donors (Lipinski definition) is 2. The van der Waals surface area contributed by atoms with Crippen LogP contribution in [0.1, 0.15) is 39.0 Å². The number of carboxylic acids is 1. The second-order valence-electron chi connectivity index (χ2n) is 8.20. The maximum atomic E-state index is 13.3. The number of carboxylic acid groups (broad SMARTS) is 1. The molecule has 1 aliphatic rings. The molecule has 0 fully saturated rings. The Kier molecular flexibility index (Phi) is 7.48. The van der Waals surface area contributed by atoms with Gasteiger partial charge in [0.25, 0.3) is 0 Å². The lowest BCUT2D eigenvalue weighted by atomic mass is 9.93. The van der Waals surface area contributed by atoms with Crippen molar-refractivity contribution in [3.05, 3.63) is 93.5 Å². The molecule has 0 heterocycles. The van der Waals surface area contributed by atoms with Gasteiger partial charge in [0.2, 0.25) is 0 Å². The molecule has 0 aliphatic heterocycles. The topological polar surface area (TPSA) is 58.6 Å². The lowest BCUT2D eigenvalue weighted by Gasteiger charge is -2.16. The Morgan fingerprint density at radius 3 is 2.69 bits per heavy atom. The van der Waals surface area contributed by atoms with Gasteiger partial charge in [-0.2, -0.15) is 13.2 Å². The molecular formula is C27H23ClF3NO3. The number of rotatable bonds is 8. The van der Waals surface area contributed by atoms with E-state index in [1.54, 1.807) is 0 Å². The van der Waals surface area contributed by atoms with Crippen molar-refractivity contribution < 1.29 is 27.8 Å². The Morgan fingerprint density at radius 1 is 1.09 bits per heavy atom. The predicted octanol–water partition coefficient (Wildman–Crippen LogP) is 6.85. The number of carbonyl (C=O) groups is 1. The second kappa shape index (κ2) is 10.5. The van der Waals surface area contributed by atoms with Gasteiger partial charge >= 0.3 is 12.1 Å². The molecule has 2 N–H and O–H groups in total. The van der Waals surface area contributed by atoms with Crippen molar-refractivity contribution in [1.29, 1.82) is 0 Å². The van der Waals surface area contributed by atoms with Crippen molar-refractivity contribution in [2.45, 2.75) is 25.6 Å². The Labute approximate surface area is 206 Å². The van der Waals surface area contributed by atoms with Gasteiger partial charge in [0.05, 0.1) is 16.1 Å². The number of aromatic carboxylic acids is 1. The van der Waals surface area contributed by atoms with Gasteiger partial charge in [0.15, 0.2) is 0 Å². The molecule has 35 heavy (non-hydrogen) atoms. The SMILES string of the molecule is O=C(O)c1cc(OCCNCc2cccc3c2C=CCC3)cc(-c2ccc(Cl)c(C(F)(F)F)c2)c1. The summed E-state index contributed by atoms with van der Waals surface area (Å²) in [5, 5.41) is 12.4. The average Bonchev–Trinajstić information content (AvgIpc) is 2.83. The van der Waals surface area contributed by atoms with E-state index < -0.39 is 22.7 Å². The monoisotopic (exact) mass is 501 g/mol. The number of hydrogen-bond acceptors (Lipinski definition) is 3. The number of nitrogens with one attached hydrogen (secondary N) is 1. The van der Waals surface area contributed by atoms with Gasteiger partial charge in [-0.25, -0.2) is 4.79 Å². The fourth-order valence-corrected chi connectivity index (χ4v) is 4.28. The van der Waals surface area contributed by atoms with Crippen molar-refractivity contribution in [2.75, 3.05) is 13.2 Å². The van der Waals surface area contributed by atoms with Crippen LogP contribution in [0.3, 0.4) is 0 Å². The summed E-state index contributed by atoms with van der Waals surface area (Å²) in [6.07, 6.45) is 1.76. The molecule has 1 aliphatic carbocycles. The van der Waals surface area contributed by atoms with Crippen LogP contribution in [0.25, 0.3) is 17.2 Å². The quantitative estimate of drug-likeness (QED) is 0.331. The van der Waals surface area contributed by atoms with Crippen molar-refractivity contribution in [1.82, 2.24) is 5.32 Å². The number of fused-ring (bicyclic) bond motifs is 1. The van der Waals surface area contributed by atoms with Gasteiger partial charge in [-0.15, -0.1) is 0 Å². The molecule has 8 heteroatoms. The van der Waals surface area contributed by atoms with Crippen molar-refractivity contribution >= 4 is 23.6 Å². The summed E-state index contributed by atoms with van der Waals surface area (Å²) < 4.78 is 45.6. The highest BCUT2D eigenvalue weighted by atomic mass is 35.5. The van der Waals surface area contributed by atoms with Crippen LogP contribution in [0.2, 0.25) is 5.02 Å². The van der Waals surface area contributed by atoms with Crippen molar-refractivity contribution in [3.8, 4) is 16.9 Å². The molecule has 0 saturated carbocycles. The van der Waals surface area contributed by atoms with Crippen LogP contribution < -0.4 is 10.1 Å². The molecule has 182 valence electrons. The summed E-state index contributed by atoms with van der Waals surface area (Å²) in [7, 11) is 0. The molecule has 0 bridgehead atoms. The van der Waals surface area contributed by atoms with Crippen LogP contribution in [0.5, 0.6) is 5.75 Å². The zero-order valence-corrected chi connectivity index (χ0v) is 19.4. The minimum absolute atomic E-state index is 0.0864. The molecular weight excluding hydrogens is 479 g/mol. The fourth-order valence-electron chi connectivity index (χ4n) is 4.05. The van der Waals surface area contributed by atoms with E-state index in [1.807, 2.05) is 6.07 Å². The minimum atomic E-state index is -4.63. The van der Waals surface area contributed by atoms with E-state index in [0.717, 1.165) is 25.0 Å². The lowest BCUT2D eigenvalue weighted by molar-refractivity contribution is -0.137. The van der Waals surface area contributed by atoms with Gasteiger partial charge < -0.3 is 15.2 Å². The van der Waals surface area contributed by atoms with E-state index in [0.29, 0.717) is 13.1 Å². The summed E-state index contributed by atoms with van der Waals surface area (Å²) in [5.41, 5.74) is 3.17. The molecule has 4 rings (SSSR count). The van der Waals surface area contributed by atoms with Crippen LogP contribution in [-0.4, -0.2) is 24.2 Å². The van der Waals surface area contributed by atoms with E-state index in [2.05, 4.69) is 29.6 Å².